The first-order chi connectivity index (χ1) is 9.65. The Hall–Kier alpha value is -1.75. The van der Waals surface area contributed by atoms with E-state index < -0.39 is 0 Å². The van der Waals surface area contributed by atoms with Gasteiger partial charge in [0.05, 0.1) is 0 Å². The standard InChI is InChI=1S/C14H19ClN2O3/c1-16-14(19)10-20-12-6-4-5-11(9-12)17-13(18)7-2-3-8-15/h4-6,9H,2-3,7-8,10H2,1H3,(H,16,19)(H,17,18). The molecule has 0 fully saturated rings. The molecule has 0 aliphatic rings. The van der Waals surface area contributed by atoms with E-state index >= 15 is 0 Å². The Kier molecular flexibility index (Phi) is 7.50. The molecule has 2 N–H and O–H groups in total. The third kappa shape index (κ3) is 6.43. The minimum absolute atomic E-state index is 0.0520. The summed E-state index contributed by atoms with van der Waals surface area (Å²) < 4.78 is 5.30. The van der Waals surface area contributed by atoms with Gasteiger partial charge in [0.1, 0.15) is 5.75 Å². The van der Waals surface area contributed by atoms with Crippen LogP contribution in [0.4, 0.5) is 5.69 Å². The topological polar surface area (TPSA) is 67.4 Å². The molecular weight excluding hydrogens is 280 g/mol. The second-order valence-electron chi connectivity index (χ2n) is 4.18. The number of hydrogen-bond acceptors (Lipinski definition) is 3. The van der Waals surface area contributed by atoms with Crippen LogP contribution in [-0.2, 0) is 9.59 Å². The van der Waals surface area contributed by atoms with Gasteiger partial charge in [-0.15, -0.1) is 11.6 Å². The van der Waals surface area contributed by atoms with E-state index in [0.717, 1.165) is 12.8 Å². The maximum atomic E-state index is 11.7. The molecule has 0 saturated carbocycles. The average molecular weight is 299 g/mol. The lowest BCUT2D eigenvalue weighted by Crippen LogP contribution is -2.24. The molecule has 0 aliphatic heterocycles. The number of unbranched alkanes of at least 4 members (excludes halogenated alkanes) is 1. The Morgan fingerprint density at radius 2 is 2.05 bits per heavy atom. The van der Waals surface area contributed by atoms with Crippen LogP contribution >= 0.6 is 11.6 Å². The Morgan fingerprint density at radius 1 is 1.25 bits per heavy atom. The number of halogens is 1. The minimum Gasteiger partial charge on any atom is -0.484 e. The quantitative estimate of drug-likeness (QED) is 0.571. The minimum atomic E-state index is -0.208. The largest absolute Gasteiger partial charge is 0.484 e. The van der Waals surface area contributed by atoms with Crippen LogP contribution in [0.25, 0.3) is 0 Å². The van der Waals surface area contributed by atoms with Crippen LogP contribution in [0.2, 0.25) is 0 Å². The zero-order chi connectivity index (χ0) is 14.8. The van der Waals surface area contributed by atoms with Crippen molar-refractivity contribution >= 4 is 29.1 Å². The number of benzene rings is 1. The average Bonchev–Trinajstić information content (AvgIpc) is 2.45. The van der Waals surface area contributed by atoms with E-state index in [1.54, 1.807) is 31.3 Å². The van der Waals surface area contributed by atoms with Gasteiger partial charge in [0.15, 0.2) is 6.61 Å². The Bertz CT molecular complexity index is 452. The van der Waals surface area contributed by atoms with E-state index in [4.69, 9.17) is 16.3 Å². The van der Waals surface area contributed by atoms with Crippen LogP contribution in [0.5, 0.6) is 5.75 Å². The molecule has 2 amide bonds. The fourth-order valence-corrected chi connectivity index (χ4v) is 1.68. The summed E-state index contributed by atoms with van der Waals surface area (Å²) in [4.78, 5) is 22.7. The Morgan fingerprint density at radius 3 is 2.75 bits per heavy atom. The Balaban J connectivity index is 2.46. The molecule has 0 bridgehead atoms. The summed E-state index contributed by atoms with van der Waals surface area (Å²) in [7, 11) is 1.54. The zero-order valence-electron chi connectivity index (χ0n) is 11.4. The molecule has 20 heavy (non-hydrogen) atoms. The summed E-state index contributed by atoms with van der Waals surface area (Å²) in [5.74, 6) is 0.835. The number of amides is 2. The van der Waals surface area contributed by atoms with E-state index in [-0.39, 0.29) is 18.4 Å². The third-order valence-corrected chi connectivity index (χ3v) is 2.82. The summed E-state index contributed by atoms with van der Waals surface area (Å²) in [6, 6.07) is 6.94. The highest BCUT2D eigenvalue weighted by Crippen LogP contribution is 2.17. The summed E-state index contributed by atoms with van der Waals surface area (Å²) in [6.07, 6.45) is 2.03. The highest BCUT2D eigenvalue weighted by Gasteiger charge is 2.04. The molecule has 1 aromatic rings. The van der Waals surface area contributed by atoms with Crippen molar-refractivity contribution in [2.45, 2.75) is 19.3 Å². The molecule has 1 rings (SSSR count). The lowest BCUT2D eigenvalue weighted by Gasteiger charge is -2.08. The second kappa shape index (κ2) is 9.20. The fourth-order valence-electron chi connectivity index (χ4n) is 1.49. The summed E-state index contributed by atoms with van der Waals surface area (Å²) >= 11 is 5.56. The molecule has 0 radical (unpaired) electrons. The van der Waals surface area contributed by atoms with Gasteiger partial charge in [-0.1, -0.05) is 6.07 Å². The molecule has 0 heterocycles. The van der Waals surface area contributed by atoms with Crippen LogP contribution < -0.4 is 15.4 Å². The van der Waals surface area contributed by atoms with Crippen molar-refractivity contribution < 1.29 is 14.3 Å². The van der Waals surface area contributed by atoms with Crippen LogP contribution in [0.3, 0.4) is 0 Å². The van der Waals surface area contributed by atoms with E-state index in [1.807, 2.05) is 0 Å². The molecule has 5 nitrogen and oxygen atoms in total. The number of alkyl halides is 1. The molecule has 110 valence electrons. The van der Waals surface area contributed by atoms with Crippen molar-refractivity contribution in [2.75, 3.05) is 24.9 Å². The second-order valence-corrected chi connectivity index (χ2v) is 4.56. The first kappa shape index (κ1) is 16.3. The van der Waals surface area contributed by atoms with Gasteiger partial charge in [0, 0.05) is 31.1 Å². The monoisotopic (exact) mass is 298 g/mol. The highest BCUT2D eigenvalue weighted by atomic mass is 35.5. The van der Waals surface area contributed by atoms with Gasteiger partial charge in [0.2, 0.25) is 5.91 Å². The predicted molar refractivity (Wildman–Crippen MR) is 79.2 cm³/mol. The van der Waals surface area contributed by atoms with Gasteiger partial charge in [-0.25, -0.2) is 0 Å². The maximum Gasteiger partial charge on any atom is 0.257 e. The predicted octanol–water partition coefficient (Wildman–Crippen LogP) is 2.16. The van der Waals surface area contributed by atoms with E-state index in [2.05, 4.69) is 10.6 Å². The van der Waals surface area contributed by atoms with Crippen molar-refractivity contribution in [3.05, 3.63) is 24.3 Å². The van der Waals surface area contributed by atoms with E-state index in [1.165, 1.54) is 0 Å². The van der Waals surface area contributed by atoms with Crippen LogP contribution in [0.1, 0.15) is 19.3 Å². The van der Waals surface area contributed by atoms with Crippen molar-refractivity contribution in [2.24, 2.45) is 0 Å². The molecule has 0 spiro atoms. The Labute approximate surface area is 123 Å². The van der Waals surface area contributed by atoms with Crippen molar-refractivity contribution in [3.8, 4) is 5.75 Å². The van der Waals surface area contributed by atoms with Crippen LogP contribution in [0, 0.1) is 0 Å². The van der Waals surface area contributed by atoms with Gasteiger partial charge in [0.25, 0.3) is 5.91 Å². The van der Waals surface area contributed by atoms with Gasteiger partial charge < -0.3 is 15.4 Å². The number of carbonyl (C=O) groups excluding carboxylic acids is 2. The van der Waals surface area contributed by atoms with Crippen molar-refractivity contribution in [3.63, 3.8) is 0 Å². The maximum absolute atomic E-state index is 11.7. The van der Waals surface area contributed by atoms with E-state index in [0.29, 0.717) is 23.7 Å². The number of nitrogens with one attached hydrogen (secondary N) is 2. The molecule has 6 heteroatoms. The van der Waals surface area contributed by atoms with Gasteiger partial charge in [-0.3, -0.25) is 9.59 Å². The molecule has 0 atom stereocenters. The summed E-state index contributed by atoms with van der Waals surface area (Å²) in [6.45, 7) is -0.0520. The molecule has 0 aromatic heterocycles. The number of rotatable bonds is 8. The molecule has 1 aromatic carbocycles. The molecule has 0 saturated heterocycles. The first-order valence-corrected chi connectivity index (χ1v) is 6.98. The van der Waals surface area contributed by atoms with Crippen LogP contribution in [0.15, 0.2) is 24.3 Å². The fraction of sp³-hybridized carbons (Fsp3) is 0.429. The normalized spacial score (nSPS) is 9.90. The molecule has 0 aliphatic carbocycles. The van der Waals surface area contributed by atoms with E-state index in [9.17, 15) is 9.59 Å². The summed E-state index contributed by atoms with van der Waals surface area (Å²) in [5, 5.41) is 5.25. The number of carbonyl (C=O) groups is 2. The zero-order valence-corrected chi connectivity index (χ0v) is 12.2. The number of anilines is 1. The molecule has 0 unspecified atom stereocenters. The van der Waals surface area contributed by atoms with Crippen molar-refractivity contribution in [1.29, 1.82) is 0 Å². The number of hydrogen-bond donors (Lipinski definition) is 2. The molecular formula is C14H19ClN2O3. The lowest BCUT2D eigenvalue weighted by atomic mass is 10.2. The number of ether oxygens (including phenoxy) is 1. The third-order valence-electron chi connectivity index (χ3n) is 2.55. The SMILES string of the molecule is CNC(=O)COc1cccc(NC(=O)CCCCCl)c1. The first-order valence-electron chi connectivity index (χ1n) is 6.45. The highest BCUT2D eigenvalue weighted by molar-refractivity contribution is 6.17. The summed E-state index contributed by atoms with van der Waals surface area (Å²) in [5.41, 5.74) is 0.648. The van der Waals surface area contributed by atoms with Crippen molar-refractivity contribution in [1.82, 2.24) is 5.32 Å². The van der Waals surface area contributed by atoms with Crippen LogP contribution in [-0.4, -0.2) is 31.3 Å². The van der Waals surface area contributed by atoms with Gasteiger partial charge in [-0.05, 0) is 25.0 Å². The lowest BCUT2D eigenvalue weighted by molar-refractivity contribution is -0.122. The van der Waals surface area contributed by atoms with Gasteiger partial charge >= 0.3 is 0 Å². The number of likely N-dealkylation sites (N-methyl/N-ethyl adjacent to an activating group) is 1. The smallest absolute Gasteiger partial charge is 0.257 e. The van der Waals surface area contributed by atoms with Gasteiger partial charge in [-0.2, -0.15) is 0 Å².